The number of nitrogens with one attached hydrogen (secondary N) is 1. The van der Waals surface area contributed by atoms with Gasteiger partial charge in [-0.2, -0.15) is 5.10 Å². The molecule has 1 aromatic carbocycles. The third kappa shape index (κ3) is 6.01. The van der Waals surface area contributed by atoms with Crippen molar-refractivity contribution in [2.24, 2.45) is 10.2 Å². The molecule has 2 aliphatic rings. The average Bonchev–Trinajstić information content (AvgIpc) is 3.08. The summed E-state index contributed by atoms with van der Waals surface area (Å²) in [5.41, 5.74) is 2.19. The molecule has 1 aliphatic heterocycles. The van der Waals surface area contributed by atoms with Gasteiger partial charge in [0.05, 0.1) is 18.2 Å². The van der Waals surface area contributed by atoms with Crippen molar-refractivity contribution in [2.45, 2.75) is 44.7 Å². The Morgan fingerprint density at radius 1 is 1.31 bits per heavy atom. The predicted octanol–water partition coefficient (Wildman–Crippen LogP) is 3.06. The quantitative estimate of drug-likeness (QED) is 0.335. The minimum atomic E-state index is -0.580. The minimum Gasteiger partial charge on any atom is -0.466 e. The zero-order valence-electron chi connectivity index (χ0n) is 16.8. The normalized spacial score (nSPS) is 20.7. The fraction of sp³-hybridized carbons (Fsp3) is 0.429. The lowest BCUT2D eigenvalue weighted by Gasteiger charge is -2.31. The summed E-state index contributed by atoms with van der Waals surface area (Å²) in [7, 11) is 3.45. The van der Waals surface area contributed by atoms with Crippen molar-refractivity contribution in [3.05, 3.63) is 46.4 Å². The largest absolute Gasteiger partial charge is 0.466 e. The molecule has 1 amide bonds. The number of nitrogens with zero attached hydrogens (tertiary/aromatic N) is 3. The molecule has 0 atom stereocenters. The smallest absolute Gasteiger partial charge is 0.331 e. The molecular weight excluding hydrogens is 388 g/mol. The molecule has 1 saturated carbocycles. The minimum absolute atomic E-state index is 0.236. The van der Waals surface area contributed by atoms with Gasteiger partial charge < -0.3 is 4.74 Å². The van der Waals surface area contributed by atoms with Crippen molar-refractivity contribution >= 4 is 35.0 Å². The molecule has 1 aromatic rings. The Morgan fingerprint density at radius 2 is 2.07 bits per heavy atom. The highest BCUT2D eigenvalue weighted by Gasteiger charge is 2.25. The third-order valence-corrected chi connectivity index (χ3v) is 6.02. The highest BCUT2D eigenvalue weighted by atomic mass is 32.2. The highest BCUT2D eigenvalue weighted by molar-refractivity contribution is 8.18. The number of rotatable bonds is 6. The van der Waals surface area contributed by atoms with Gasteiger partial charge in [-0.05, 0) is 42.8 Å². The zero-order chi connectivity index (χ0) is 20.6. The molecule has 2 fully saturated rings. The van der Waals surface area contributed by atoms with Crippen molar-refractivity contribution in [1.29, 1.82) is 0 Å². The maximum atomic E-state index is 11.8. The Morgan fingerprint density at radius 3 is 2.83 bits per heavy atom. The number of amides is 1. The van der Waals surface area contributed by atoms with Gasteiger partial charge in [-0.25, -0.2) is 4.79 Å². The molecule has 29 heavy (non-hydrogen) atoms. The molecule has 8 heteroatoms. The van der Waals surface area contributed by atoms with Crippen LogP contribution in [-0.2, 0) is 20.9 Å². The molecule has 3 rings (SSSR count). The van der Waals surface area contributed by atoms with Crippen LogP contribution < -0.4 is 5.32 Å². The van der Waals surface area contributed by atoms with E-state index in [1.807, 2.05) is 18.2 Å². The summed E-state index contributed by atoms with van der Waals surface area (Å²) >= 11 is 1.06. The molecule has 1 N–H and O–H groups in total. The van der Waals surface area contributed by atoms with Crippen molar-refractivity contribution in [2.75, 3.05) is 14.2 Å². The number of thioether (sulfide) groups is 1. The monoisotopic (exact) mass is 414 g/mol. The molecule has 0 aromatic heterocycles. The van der Waals surface area contributed by atoms with E-state index in [-0.39, 0.29) is 10.8 Å². The Balaban J connectivity index is 1.65. The van der Waals surface area contributed by atoms with Crippen LogP contribution in [0.3, 0.4) is 0 Å². The van der Waals surface area contributed by atoms with Crippen LogP contribution in [0.2, 0.25) is 0 Å². The second-order valence-corrected chi connectivity index (χ2v) is 8.17. The van der Waals surface area contributed by atoms with Gasteiger partial charge in [-0.3, -0.25) is 15.0 Å². The third-order valence-electron chi connectivity index (χ3n) is 5.12. The van der Waals surface area contributed by atoms with Gasteiger partial charge in [0.15, 0.2) is 5.17 Å². The number of hydrogen-bond donors (Lipinski definition) is 1. The van der Waals surface area contributed by atoms with E-state index in [2.05, 4.69) is 38.3 Å². The van der Waals surface area contributed by atoms with Gasteiger partial charge in [0.1, 0.15) is 0 Å². The summed E-state index contributed by atoms with van der Waals surface area (Å²) in [6.07, 6.45) is 9.34. The van der Waals surface area contributed by atoms with Crippen LogP contribution in [0.15, 0.2) is 45.4 Å². The number of amidine groups is 1. The standard InChI is InChI=1S/C21H26N4O3S/c1-25(17-10-4-3-5-11-17)14-16-9-7-6-8-15(16)13-22-24-21-23-20(27)18(29-21)12-19(26)28-2/h6-9,12-13,17H,3-5,10-11,14H2,1-2H3,(H,23,24,27)/b18-12+,22-13?. The van der Waals surface area contributed by atoms with Gasteiger partial charge in [0, 0.05) is 18.7 Å². The molecule has 154 valence electrons. The highest BCUT2D eigenvalue weighted by Crippen LogP contribution is 2.24. The molecule has 7 nitrogen and oxygen atoms in total. The van der Waals surface area contributed by atoms with Gasteiger partial charge in [0.2, 0.25) is 0 Å². The number of hydrogen-bond acceptors (Lipinski definition) is 7. The Labute approximate surface area is 175 Å². The number of methoxy groups -OCH3 is 1. The predicted molar refractivity (Wildman–Crippen MR) is 116 cm³/mol. The van der Waals surface area contributed by atoms with Crippen LogP contribution >= 0.6 is 11.8 Å². The van der Waals surface area contributed by atoms with Crippen molar-refractivity contribution in [3.8, 4) is 0 Å². The van der Waals surface area contributed by atoms with E-state index in [1.165, 1.54) is 44.8 Å². The number of benzene rings is 1. The first-order chi connectivity index (χ1) is 14.1. The van der Waals surface area contributed by atoms with Crippen molar-refractivity contribution < 1.29 is 14.3 Å². The summed E-state index contributed by atoms with van der Waals surface area (Å²) in [4.78, 5) is 25.8. The van der Waals surface area contributed by atoms with Crippen molar-refractivity contribution in [3.63, 3.8) is 0 Å². The topological polar surface area (TPSA) is 83.4 Å². The van der Waals surface area contributed by atoms with Crippen LogP contribution in [0, 0.1) is 0 Å². The maximum absolute atomic E-state index is 11.8. The van der Waals surface area contributed by atoms with Crippen LogP contribution in [0.25, 0.3) is 0 Å². The van der Waals surface area contributed by atoms with Gasteiger partial charge in [-0.15, -0.1) is 5.10 Å². The molecule has 0 bridgehead atoms. The first kappa shape index (κ1) is 21.3. The fourth-order valence-electron chi connectivity index (χ4n) is 3.51. The zero-order valence-corrected chi connectivity index (χ0v) is 17.6. The lowest BCUT2D eigenvalue weighted by Crippen LogP contribution is -2.33. The summed E-state index contributed by atoms with van der Waals surface area (Å²) in [5.74, 6) is -0.965. The second-order valence-electron chi connectivity index (χ2n) is 7.14. The molecule has 1 saturated heterocycles. The number of carbonyl (C=O) groups excluding carboxylic acids is 2. The van der Waals surface area contributed by atoms with E-state index < -0.39 is 5.97 Å². The lowest BCUT2D eigenvalue weighted by molar-refractivity contribution is -0.135. The van der Waals surface area contributed by atoms with Gasteiger partial charge in [-0.1, -0.05) is 43.5 Å². The van der Waals surface area contributed by atoms with Crippen LogP contribution in [0.1, 0.15) is 43.2 Å². The first-order valence-electron chi connectivity index (χ1n) is 9.75. The molecular formula is C21H26N4O3S. The Hall–Kier alpha value is -2.45. The second kappa shape index (κ2) is 10.4. The SMILES string of the molecule is COC(=O)/C=C1/S/C(=N\N=Cc2ccccc2CN(C)C2CCCCC2)NC1=O. The molecule has 1 aliphatic carbocycles. The first-order valence-corrected chi connectivity index (χ1v) is 10.6. The average molecular weight is 415 g/mol. The van der Waals surface area contributed by atoms with E-state index >= 15 is 0 Å². The summed E-state index contributed by atoms with van der Waals surface area (Å²) in [6.45, 7) is 0.862. The van der Waals surface area contributed by atoms with Crippen LogP contribution in [-0.4, -0.2) is 48.4 Å². The fourth-order valence-corrected chi connectivity index (χ4v) is 4.25. The van der Waals surface area contributed by atoms with E-state index in [9.17, 15) is 9.59 Å². The van der Waals surface area contributed by atoms with Gasteiger partial charge in [0.25, 0.3) is 5.91 Å². The molecule has 0 unspecified atom stereocenters. The molecule has 0 spiro atoms. The number of ether oxygens (including phenoxy) is 1. The van der Waals surface area contributed by atoms with Crippen molar-refractivity contribution in [1.82, 2.24) is 10.2 Å². The van der Waals surface area contributed by atoms with E-state index in [4.69, 9.17) is 0 Å². The summed E-state index contributed by atoms with van der Waals surface area (Å²) in [6, 6.07) is 8.76. The lowest BCUT2D eigenvalue weighted by atomic mass is 9.94. The number of carbonyl (C=O) groups is 2. The van der Waals surface area contributed by atoms with E-state index in [0.29, 0.717) is 11.2 Å². The van der Waals surface area contributed by atoms with Crippen LogP contribution in [0.4, 0.5) is 0 Å². The van der Waals surface area contributed by atoms with Crippen LogP contribution in [0.5, 0.6) is 0 Å². The maximum Gasteiger partial charge on any atom is 0.331 e. The van der Waals surface area contributed by atoms with Gasteiger partial charge >= 0.3 is 5.97 Å². The molecule has 1 heterocycles. The Bertz CT molecular complexity index is 844. The number of esters is 1. The molecule has 0 radical (unpaired) electrons. The van der Waals surface area contributed by atoms with E-state index in [1.54, 1.807) is 6.21 Å². The summed E-state index contributed by atoms with van der Waals surface area (Å²) < 4.78 is 4.54. The summed E-state index contributed by atoms with van der Waals surface area (Å²) in [5, 5.41) is 11.1. The Kier molecular flexibility index (Phi) is 7.60. The van der Waals surface area contributed by atoms with E-state index in [0.717, 1.165) is 29.9 Å².